The first-order chi connectivity index (χ1) is 1.73. The number of nitrogens with zero attached hydrogens (tertiary/aromatic N) is 1. The largest absolute Gasteiger partial charge is 0.147 e. The summed E-state index contributed by atoms with van der Waals surface area (Å²) in [6.45, 7) is 0. The van der Waals surface area contributed by atoms with Crippen LogP contribution >= 0.6 is 12.4 Å². The molecule has 0 saturated heterocycles. The molecule has 0 aliphatic heterocycles. The van der Waals surface area contributed by atoms with Gasteiger partial charge < -0.3 is 0 Å². The predicted molar refractivity (Wildman–Crippen MR) is 20.9 cm³/mol. The van der Waals surface area contributed by atoms with Gasteiger partial charge in [0.1, 0.15) is 0 Å². The number of hydrogen-bond donors (Lipinski definition) is 0. The maximum Gasteiger partial charge on any atom is -0.147 e. The molecule has 0 bridgehead atoms. The quantitative estimate of drug-likeness (QED) is 0.480. The van der Waals surface area contributed by atoms with Crippen molar-refractivity contribution in [3.63, 3.8) is 0 Å². The van der Waals surface area contributed by atoms with Crippen molar-refractivity contribution in [1.82, 2.24) is 3.30 Å². The van der Waals surface area contributed by atoms with Crippen LogP contribution < -0.4 is 0 Å². The van der Waals surface area contributed by atoms with E-state index in [1.807, 2.05) is 14.1 Å². The summed E-state index contributed by atoms with van der Waals surface area (Å²) in [4.78, 5) is 0. The zero-order chi connectivity index (χ0) is 3.58. The molecule has 32 valence electrons. The third-order valence-corrected chi connectivity index (χ3v) is 0. The van der Waals surface area contributed by atoms with Crippen LogP contribution in [0.1, 0.15) is 0 Å². The Morgan fingerprint density at radius 2 is 1.40 bits per heavy atom. The summed E-state index contributed by atoms with van der Waals surface area (Å²) in [5, 5.41) is 0. The van der Waals surface area contributed by atoms with Gasteiger partial charge in [0.2, 0.25) is 0 Å². The zero-order valence-corrected chi connectivity index (χ0v) is 6.32. The van der Waals surface area contributed by atoms with E-state index in [0.29, 0.717) is 0 Å². The van der Waals surface area contributed by atoms with Crippen LogP contribution in [0.3, 0.4) is 0 Å². The molecule has 0 amide bonds. The monoisotopic (exact) mass is 173 g/mol. The fraction of sp³-hybridized carbons (Fsp3) is 1.00. The third-order valence-electron chi connectivity index (χ3n) is 0. The normalized spacial score (nSPS) is 7.00. The van der Waals surface area contributed by atoms with E-state index in [4.69, 9.17) is 0 Å². The first-order valence-corrected chi connectivity index (χ1v) is 2.08. The molecule has 0 saturated carbocycles. The smallest absolute Gasteiger partial charge is 0.147 e. The van der Waals surface area contributed by atoms with E-state index in [1.165, 1.54) is 0 Å². The van der Waals surface area contributed by atoms with Crippen LogP contribution in [0.25, 0.3) is 0 Å². The summed E-state index contributed by atoms with van der Waals surface area (Å²) >= 11 is 1.71. The summed E-state index contributed by atoms with van der Waals surface area (Å²) in [5.74, 6) is 0. The Kier molecular flexibility index (Phi) is 9.35. The van der Waals surface area contributed by atoms with Crippen molar-refractivity contribution in [3.8, 4) is 0 Å². The minimum atomic E-state index is 0. The van der Waals surface area contributed by atoms with Crippen LogP contribution in [0.4, 0.5) is 0 Å². The van der Waals surface area contributed by atoms with Gasteiger partial charge in [-0.05, 0) is 0 Å². The van der Waals surface area contributed by atoms with E-state index in [2.05, 4.69) is 3.30 Å². The molecular formula is C2H7ClNNb. The SMILES string of the molecule is C[N](C)[Nb].Cl. The van der Waals surface area contributed by atoms with E-state index in [0.717, 1.165) is 0 Å². The van der Waals surface area contributed by atoms with Crippen LogP contribution in [-0.2, 0) is 21.3 Å². The summed E-state index contributed by atoms with van der Waals surface area (Å²) in [6, 6.07) is 0. The Balaban J connectivity index is 0. The minimum Gasteiger partial charge on any atom is -0.147 e. The fourth-order valence-electron chi connectivity index (χ4n) is 0. The molecule has 0 radical (unpaired) electrons. The summed E-state index contributed by atoms with van der Waals surface area (Å²) in [6.07, 6.45) is 0. The Labute approximate surface area is 51.4 Å². The van der Waals surface area contributed by atoms with Crippen LogP contribution in [0.15, 0.2) is 0 Å². The third kappa shape index (κ3) is 45.5. The zero-order valence-electron chi connectivity index (χ0n) is 3.30. The van der Waals surface area contributed by atoms with Gasteiger partial charge in [-0.25, -0.2) is 0 Å². The van der Waals surface area contributed by atoms with Gasteiger partial charge in [0.25, 0.3) is 0 Å². The van der Waals surface area contributed by atoms with Gasteiger partial charge in [-0.1, -0.05) is 0 Å². The van der Waals surface area contributed by atoms with Crippen molar-refractivity contribution in [2.45, 2.75) is 0 Å². The predicted octanol–water partition coefficient (Wildman–Crippen LogP) is 0.432. The number of hydrogen-bond acceptors (Lipinski definition) is 1. The Hall–Kier alpha value is 0.990. The molecule has 0 atom stereocenters. The topological polar surface area (TPSA) is 3.24 Å². The molecule has 0 heterocycles. The molecular weight excluding hydrogens is 166 g/mol. The van der Waals surface area contributed by atoms with Crippen molar-refractivity contribution in [2.24, 2.45) is 0 Å². The van der Waals surface area contributed by atoms with Crippen molar-refractivity contribution < 1.29 is 21.3 Å². The first kappa shape index (κ1) is 9.37. The molecule has 0 aliphatic rings. The molecule has 0 N–H and O–H groups in total. The summed E-state index contributed by atoms with van der Waals surface area (Å²) in [5.41, 5.74) is 0. The average molecular weight is 173 g/mol. The van der Waals surface area contributed by atoms with Crippen molar-refractivity contribution in [3.05, 3.63) is 0 Å². The first-order valence-electron chi connectivity index (χ1n) is 1.09. The molecule has 0 fully saturated rings. The van der Waals surface area contributed by atoms with E-state index < -0.39 is 0 Å². The van der Waals surface area contributed by atoms with Gasteiger partial charge in [0.15, 0.2) is 0 Å². The Morgan fingerprint density at radius 1 is 1.40 bits per heavy atom. The number of halogens is 1. The van der Waals surface area contributed by atoms with Gasteiger partial charge >= 0.3 is 38.7 Å². The second-order valence-corrected chi connectivity index (χ2v) is 2.81. The minimum absolute atomic E-state index is 0. The summed E-state index contributed by atoms with van der Waals surface area (Å²) in [7, 11) is 4.04. The van der Waals surface area contributed by atoms with E-state index in [9.17, 15) is 0 Å². The molecule has 0 unspecified atom stereocenters. The molecule has 0 aliphatic carbocycles. The molecule has 1 nitrogen and oxygen atoms in total. The van der Waals surface area contributed by atoms with Crippen molar-refractivity contribution in [1.29, 1.82) is 0 Å². The summed E-state index contributed by atoms with van der Waals surface area (Å²) < 4.78 is 2.05. The van der Waals surface area contributed by atoms with Gasteiger partial charge in [0, 0.05) is 0 Å². The van der Waals surface area contributed by atoms with Gasteiger partial charge in [-0.15, -0.1) is 12.4 Å². The molecule has 0 spiro atoms. The number of rotatable bonds is 0. The fourth-order valence-corrected chi connectivity index (χ4v) is 0. The van der Waals surface area contributed by atoms with E-state index >= 15 is 0 Å². The molecule has 5 heavy (non-hydrogen) atoms. The van der Waals surface area contributed by atoms with Crippen LogP contribution in [0, 0.1) is 0 Å². The second kappa shape index (κ2) is 4.99. The van der Waals surface area contributed by atoms with E-state index in [-0.39, 0.29) is 12.4 Å². The van der Waals surface area contributed by atoms with E-state index in [1.54, 1.807) is 21.3 Å². The standard InChI is InChI=1S/C2H6N.ClH.Nb/c1-3-2;;/h1-2H3;1H;/q-1;;+1. The van der Waals surface area contributed by atoms with Gasteiger partial charge in [0.05, 0.1) is 0 Å². The molecule has 0 rings (SSSR count). The van der Waals surface area contributed by atoms with Crippen LogP contribution in [0.5, 0.6) is 0 Å². The Bertz CT molecular complexity index is 14.4. The Morgan fingerprint density at radius 3 is 1.40 bits per heavy atom. The van der Waals surface area contributed by atoms with Crippen molar-refractivity contribution in [2.75, 3.05) is 14.1 Å². The molecule has 0 aromatic rings. The average Bonchev–Trinajstić information content (AvgIpc) is 0.811. The molecule has 0 aromatic heterocycles. The second-order valence-electron chi connectivity index (χ2n) is 0.847. The van der Waals surface area contributed by atoms with Gasteiger partial charge in [-0.2, -0.15) is 0 Å². The molecule has 3 heteroatoms. The van der Waals surface area contributed by atoms with Crippen molar-refractivity contribution >= 4 is 12.4 Å². The van der Waals surface area contributed by atoms with Crippen LogP contribution in [-0.4, -0.2) is 17.4 Å². The van der Waals surface area contributed by atoms with Crippen LogP contribution in [0.2, 0.25) is 0 Å². The maximum atomic E-state index is 2.05. The maximum absolute atomic E-state index is 2.05. The molecule has 0 aromatic carbocycles. The van der Waals surface area contributed by atoms with Gasteiger partial charge in [-0.3, -0.25) is 0 Å².